The number of benzene rings is 2. The maximum atomic E-state index is 6.29. The van der Waals surface area contributed by atoms with E-state index in [4.69, 9.17) is 16.3 Å². The highest BCUT2D eigenvalue weighted by atomic mass is 35.5. The second-order valence-electron chi connectivity index (χ2n) is 5.00. The van der Waals surface area contributed by atoms with Crippen molar-refractivity contribution in [1.29, 1.82) is 0 Å². The molecule has 1 atom stereocenters. The van der Waals surface area contributed by atoms with E-state index < -0.39 is 0 Å². The quantitative estimate of drug-likeness (QED) is 0.772. The Kier molecular flexibility index (Phi) is 4.11. The third-order valence-electron chi connectivity index (χ3n) is 3.58. The van der Waals surface area contributed by atoms with Crippen LogP contribution in [0.2, 0.25) is 5.02 Å². The molecule has 0 radical (unpaired) electrons. The van der Waals surface area contributed by atoms with Gasteiger partial charge in [-0.25, -0.2) is 9.97 Å². The molecule has 0 amide bonds. The fourth-order valence-electron chi connectivity index (χ4n) is 2.36. The van der Waals surface area contributed by atoms with E-state index in [1.54, 1.807) is 13.4 Å². The molecule has 4 nitrogen and oxygen atoms in total. The predicted molar refractivity (Wildman–Crippen MR) is 89.6 cm³/mol. The topological polar surface area (TPSA) is 47.0 Å². The van der Waals surface area contributed by atoms with Crippen molar-refractivity contribution in [3.05, 3.63) is 59.4 Å². The van der Waals surface area contributed by atoms with Gasteiger partial charge in [0, 0.05) is 6.04 Å². The minimum absolute atomic E-state index is 0.0836. The average Bonchev–Trinajstić information content (AvgIpc) is 2.55. The van der Waals surface area contributed by atoms with Crippen molar-refractivity contribution in [2.75, 3.05) is 12.4 Å². The lowest BCUT2D eigenvalue weighted by Gasteiger charge is -2.17. The van der Waals surface area contributed by atoms with Crippen molar-refractivity contribution >= 4 is 28.3 Å². The van der Waals surface area contributed by atoms with Crippen LogP contribution in [-0.2, 0) is 0 Å². The largest absolute Gasteiger partial charge is 0.497 e. The Morgan fingerprint density at radius 1 is 1.09 bits per heavy atom. The zero-order valence-corrected chi connectivity index (χ0v) is 13.1. The van der Waals surface area contributed by atoms with Crippen molar-refractivity contribution in [3.63, 3.8) is 0 Å². The number of hydrogen-bond donors (Lipinski definition) is 1. The molecular weight excluding hydrogens is 298 g/mol. The number of nitrogens with zero attached hydrogens (tertiary/aromatic N) is 2. The highest BCUT2D eigenvalue weighted by molar-refractivity contribution is 6.36. The minimum atomic E-state index is 0.0836. The van der Waals surface area contributed by atoms with Gasteiger partial charge in [0.15, 0.2) is 0 Å². The predicted octanol–water partition coefficient (Wildman–Crippen LogP) is 4.46. The molecule has 1 N–H and O–H groups in total. The molecule has 3 aromatic rings. The molecule has 0 fully saturated rings. The van der Waals surface area contributed by atoms with Crippen LogP contribution in [0.25, 0.3) is 10.9 Å². The van der Waals surface area contributed by atoms with Gasteiger partial charge in [-0.05, 0) is 36.8 Å². The number of rotatable bonds is 4. The van der Waals surface area contributed by atoms with Crippen LogP contribution in [0.5, 0.6) is 5.75 Å². The van der Waals surface area contributed by atoms with Crippen molar-refractivity contribution < 1.29 is 4.74 Å². The Balaban J connectivity index is 1.92. The second kappa shape index (κ2) is 6.20. The van der Waals surface area contributed by atoms with Gasteiger partial charge in [0.05, 0.1) is 23.0 Å². The van der Waals surface area contributed by atoms with Crippen LogP contribution in [0.4, 0.5) is 5.82 Å². The van der Waals surface area contributed by atoms with Crippen LogP contribution in [0.3, 0.4) is 0 Å². The van der Waals surface area contributed by atoms with E-state index in [0.717, 1.165) is 28.0 Å². The van der Waals surface area contributed by atoms with Gasteiger partial charge < -0.3 is 10.1 Å². The third kappa shape index (κ3) is 2.83. The summed E-state index contributed by atoms with van der Waals surface area (Å²) in [5.41, 5.74) is 1.96. The molecule has 2 aromatic carbocycles. The number of halogens is 1. The fourth-order valence-corrected chi connectivity index (χ4v) is 2.62. The summed E-state index contributed by atoms with van der Waals surface area (Å²) in [6.45, 7) is 2.08. The van der Waals surface area contributed by atoms with Gasteiger partial charge in [-0.2, -0.15) is 0 Å². The van der Waals surface area contributed by atoms with E-state index in [0.29, 0.717) is 5.02 Å². The zero-order valence-electron chi connectivity index (χ0n) is 12.4. The number of hydrogen-bond acceptors (Lipinski definition) is 4. The van der Waals surface area contributed by atoms with E-state index in [9.17, 15) is 0 Å². The molecule has 112 valence electrons. The summed E-state index contributed by atoms with van der Waals surface area (Å²) in [5.74, 6) is 1.57. The Hall–Kier alpha value is -2.33. The van der Waals surface area contributed by atoms with Crippen molar-refractivity contribution in [2.24, 2.45) is 0 Å². The lowest BCUT2D eigenvalue weighted by atomic mass is 10.1. The number of fused-ring (bicyclic) bond motifs is 1. The number of ether oxygens (including phenoxy) is 1. The van der Waals surface area contributed by atoms with Gasteiger partial charge in [0.25, 0.3) is 0 Å². The molecule has 1 aromatic heterocycles. The fraction of sp³-hybridized carbons (Fsp3) is 0.176. The monoisotopic (exact) mass is 313 g/mol. The van der Waals surface area contributed by atoms with Crippen molar-refractivity contribution in [3.8, 4) is 5.75 Å². The molecule has 22 heavy (non-hydrogen) atoms. The molecule has 0 saturated carbocycles. The highest BCUT2D eigenvalue weighted by Gasteiger charge is 2.11. The van der Waals surface area contributed by atoms with E-state index in [1.807, 2.05) is 42.5 Å². The first kappa shape index (κ1) is 14.6. The first-order valence-corrected chi connectivity index (χ1v) is 7.36. The highest BCUT2D eigenvalue weighted by Crippen LogP contribution is 2.30. The third-order valence-corrected chi connectivity index (χ3v) is 3.90. The Labute approximate surface area is 134 Å². The summed E-state index contributed by atoms with van der Waals surface area (Å²) in [7, 11) is 1.66. The molecule has 1 heterocycles. The van der Waals surface area contributed by atoms with Crippen LogP contribution in [0, 0.1) is 0 Å². The van der Waals surface area contributed by atoms with Crippen LogP contribution in [-0.4, -0.2) is 17.1 Å². The molecule has 0 aliphatic heterocycles. The summed E-state index contributed by atoms with van der Waals surface area (Å²) in [4.78, 5) is 8.59. The number of methoxy groups -OCH3 is 1. The lowest BCUT2D eigenvalue weighted by molar-refractivity contribution is 0.414. The van der Waals surface area contributed by atoms with Crippen molar-refractivity contribution in [1.82, 2.24) is 9.97 Å². The summed E-state index contributed by atoms with van der Waals surface area (Å²) in [6.07, 6.45) is 1.54. The number of aromatic nitrogens is 2. The van der Waals surface area contributed by atoms with Crippen LogP contribution >= 0.6 is 11.6 Å². The van der Waals surface area contributed by atoms with Gasteiger partial charge in [0.2, 0.25) is 0 Å². The second-order valence-corrected chi connectivity index (χ2v) is 5.40. The maximum Gasteiger partial charge on any atom is 0.139 e. The van der Waals surface area contributed by atoms with Gasteiger partial charge in [0.1, 0.15) is 17.9 Å². The zero-order chi connectivity index (χ0) is 15.5. The normalized spacial score (nSPS) is 12.1. The SMILES string of the molecule is COc1ccc([C@@H](C)Nc2ncnc3cccc(Cl)c23)cc1. The van der Waals surface area contributed by atoms with Crippen LogP contribution < -0.4 is 10.1 Å². The molecule has 3 rings (SSSR count). The first-order valence-electron chi connectivity index (χ1n) is 6.99. The van der Waals surface area contributed by atoms with E-state index >= 15 is 0 Å². The Morgan fingerprint density at radius 2 is 1.86 bits per heavy atom. The summed E-state index contributed by atoms with van der Waals surface area (Å²) < 4.78 is 5.18. The van der Waals surface area contributed by atoms with Gasteiger partial charge in [-0.15, -0.1) is 0 Å². The molecule has 0 aliphatic rings. The standard InChI is InChI=1S/C17H16ClN3O/c1-11(12-6-8-13(22-2)9-7-12)21-17-16-14(18)4-3-5-15(16)19-10-20-17/h3-11H,1-2H3,(H,19,20,21)/t11-/m1/s1. The van der Waals surface area contributed by atoms with E-state index in [2.05, 4.69) is 22.2 Å². The molecular formula is C17H16ClN3O. The Bertz CT molecular complexity index is 784. The maximum absolute atomic E-state index is 6.29. The Morgan fingerprint density at radius 3 is 2.59 bits per heavy atom. The molecule has 0 bridgehead atoms. The lowest BCUT2D eigenvalue weighted by Crippen LogP contribution is -2.08. The summed E-state index contributed by atoms with van der Waals surface area (Å²) in [6, 6.07) is 13.7. The van der Waals surface area contributed by atoms with Gasteiger partial charge in [-0.3, -0.25) is 0 Å². The average molecular weight is 314 g/mol. The molecule has 0 spiro atoms. The minimum Gasteiger partial charge on any atom is -0.497 e. The summed E-state index contributed by atoms with van der Waals surface area (Å²) >= 11 is 6.29. The molecule has 0 aliphatic carbocycles. The van der Waals surface area contributed by atoms with Crippen LogP contribution in [0.15, 0.2) is 48.8 Å². The van der Waals surface area contributed by atoms with Crippen molar-refractivity contribution in [2.45, 2.75) is 13.0 Å². The van der Waals surface area contributed by atoms with Crippen LogP contribution in [0.1, 0.15) is 18.5 Å². The molecule has 0 saturated heterocycles. The molecule has 0 unspecified atom stereocenters. The summed E-state index contributed by atoms with van der Waals surface area (Å²) in [5, 5.41) is 4.88. The van der Waals surface area contributed by atoms with Gasteiger partial charge in [-0.1, -0.05) is 29.8 Å². The smallest absolute Gasteiger partial charge is 0.139 e. The van der Waals surface area contributed by atoms with Gasteiger partial charge >= 0.3 is 0 Å². The first-order chi connectivity index (χ1) is 10.7. The van der Waals surface area contributed by atoms with E-state index in [1.165, 1.54) is 0 Å². The molecule has 5 heteroatoms. The number of anilines is 1. The van der Waals surface area contributed by atoms with E-state index in [-0.39, 0.29) is 6.04 Å². The number of nitrogens with one attached hydrogen (secondary N) is 1.